The molecular formula is C14H24N2OS. The maximum absolute atomic E-state index is 12.1. The Morgan fingerprint density at radius 2 is 2.06 bits per heavy atom. The fraction of sp³-hybridized carbons (Fsp3) is 0.786. The fourth-order valence-corrected chi connectivity index (χ4v) is 3.83. The second-order valence-electron chi connectivity index (χ2n) is 5.12. The van der Waals surface area contributed by atoms with Crippen molar-refractivity contribution in [2.45, 2.75) is 32.2 Å². The second kappa shape index (κ2) is 7.19. The van der Waals surface area contributed by atoms with E-state index in [9.17, 15) is 4.79 Å². The molecule has 1 atom stereocenters. The molecule has 0 aromatic carbocycles. The first-order chi connectivity index (χ1) is 8.81. The molecule has 2 heterocycles. The summed E-state index contributed by atoms with van der Waals surface area (Å²) in [7, 11) is 0. The van der Waals surface area contributed by atoms with Crippen LogP contribution in [0.5, 0.6) is 0 Å². The second-order valence-corrected chi connectivity index (χ2v) is 6.27. The van der Waals surface area contributed by atoms with Crippen LogP contribution in [0.3, 0.4) is 0 Å². The number of carbonyl (C=O) groups is 1. The van der Waals surface area contributed by atoms with E-state index in [-0.39, 0.29) is 5.91 Å². The summed E-state index contributed by atoms with van der Waals surface area (Å²) in [6.07, 6.45) is 7.34. The van der Waals surface area contributed by atoms with E-state index >= 15 is 0 Å². The normalized spacial score (nSPS) is 26.7. The molecule has 2 saturated heterocycles. The van der Waals surface area contributed by atoms with Gasteiger partial charge in [-0.25, -0.2) is 0 Å². The van der Waals surface area contributed by atoms with Crippen molar-refractivity contribution in [1.82, 2.24) is 9.80 Å². The van der Waals surface area contributed by atoms with Crippen LogP contribution in [0.15, 0.2) is 12.2 Å². The molecule has 2 rings (SSSR count). The number of nitrogens with zero attached hydrogens (tertiary/aromatic N) is 2. The minimum Gasteiger partial charge on any atom is -0.334 e. The molecule has 0 aliphatic carbocycles. The van der Waals surface area contributed by atoms with Gasteiger partial charge in [-0.2, -0.15) is 11.8 Å². The van der Waals surface area contributed by atoms with Gasteiger partial charge in [0.2, 0.25) is 5.91 Å². The molecule has 2 aliphatic heterocycles. The van der Waals surface area contributed by atoms with Crippen LogP contribution in [0.4, 0.5) is 0 Å². The van der Waals surface area contributed by atoms with Crippen molar-refractivity contribution in [2.24, 2.45) is 0 Å². The van der Waals surface area contributed by atoms with Gasteiger partial charge in [0, 0.05) is 18.8 Å². The molecule has 4 heteroatoms. The quantitative estimate of drug-likeness (QED) is 0.731. The first-order valence-electron chi connectivity index (χ1n) is 7.04. The smallest absolute Gasteiger partial charge is 0.246 e. The van der Waals surface area contributed by atoms with Gasteiger partial charge in [0.1, 0.15) is 0 Å². The monoisotopic (exact) mass is 268 g/mol. The largest absolute Gasteiger partial charge is 0.334 e. The lowest BCUT2D eigenvalue weighted by atomic mass is 10.2. The summed E-state index contributed by atoms with van der Waals surface area (Å²) in [6, 6.07) is 0.402. The Morgan fingerprint density at radius 1 is 1.28 bits per heavy atom. The average Bonchev–Trinajstić information content (AvgIpc) is 2.74. The molecule has 0 bridgehead atoms. The van der Waals surface area contributed by atoms with E-state index in [0.717, 1.165) is 25.3 Å². The van der Waals surface area contributed by atoms with Gasteiger partial charge >= 0.3 is 0 Å². The SMILES string of the molecule is C/C=C/C(=O)N1CCCSCC1CN1CCCC1. The lowest BCUT2D eigenvalue weighted by molar-refractivity contribution is -0.128. The number of thioether (sulfide) groups is 1. The number of amides is 1. The zero-order valence-corrected chi connectivity index (χ0v) is 12.1. The van der Waals surface area contributed by atoms with Gasteiger partial charge in [0.25, 0.3) is 0 Å². The minimum absolute atomic E-state index is 0.198. The van der Waals surface area contributed by atoms with Crippen LogP contribution in [0.1, 0.15) is 26.2 Å². The van der Waals surface area contributed by atoms with Crippen LogP contribution in [0.2, 0.25) is 0 Å². The Bertz CT molecular complexity index is 300. The van der Waals surface area contributed by atoms with Crippen molar-refractivity contribution in [1.29, 1.82) is 0 Å². The summed E-state index contributed by atoms with van der Waals surface area (Å²) in [5.74, 6) is 2.49. The van der Waals surface area contributed by atoms with Gasteiger partial charge in [-0.05, 0) is 51.1 Å². The third-order valence-electron chi connectivity index (χ3n) is 3.70. The molecule has 1 amide bonds. The summed E-state index contributed by atoms with van der Waals surface area (Å²) in [6.45, 7) is 6.34. The molecule has 102 valence electrons. The zero-order valence-electron chi connectivity index (χ0n) is 11.3. The Morgan fingerprint density at radius 3 is 2.78 bits per heavy atom. The number of likely N-dealkylation sites (tertiary alicyclic amines) is 1. The summed E-state index contributed by atoms with van der Waals surface area (Å²) < 4.78 is 0. The van der Waals surface area contributed by atoms with Crippen molar-refractivity contribution >= 4 is 17.7 Å². The molecule has 0 N–H and O–H groups in total. The van der Waals surface area contributed by atoms with Crippen molar-refractivity contribution in [2.75, 3.05) is 37.7 Å². The molecule has 3 nitrogen and oxygen atoms in total. The van der Waals surface area contributed by atoms with E-state index in [1.54, 1.807) is 6.08 Å². The van der Waals surface area contributed by atoms with E-state index in [2.05, 4.69) is 9.80 Å². The van der Waals surface area contributed by atoms with Crippen molar-refractivity contribution in [3.05, 3.63) is 12.2 Å². The van der Waals surface area contributed by atoms with Crippen LogP contribution < -0.4 is 0 Å². The van der Waals surface area contributed by atoms with Gasteiger partial charge in [0.05, 0.1) is 6.04 Å². The van der Waals surface area contributed by atoms with E-state index in [4.69, 9.17) is 0 Å². The Balaban J connectivity index is 1.98. The van der Waals surface area contributed by atoms with Crippen LogP contribution in [-0.2, 0) is 4.79 Å². The van der Waals surface area contributed by atoms with E-state index < -0.39 is 0 Å². The maximum atomic E-state index is 12.1. The van der Waals surface area contributed by atoms with Gasteiger partial charge < -0.3 is 9.80 Å². The lowest BCUT2D eigenvalue weighted by Crippen LogP contribution is -2.47. The number of rotatable bonds is 3. The van der Waals surface area contributed by atoms with Crippen LogP contribution >= 0.6 is 11.8 Å². The topological polar surface area (TPSA) is 23.6 Å². The van der Waals surface area contributed by atoms with Crippen molar-refractivity contribution in [3.63, 3.8) is 0 Å². The molecule has 0 spiro atoms. The van der Waals surface area contributed by atoms with Gasteiger partial charge in [-0.15, -0.1) is 0 Å². The number of hydrogen-bond donors (Lipinski definition) is 0. The summed E-state index contributed by atoms with van der Waals surface area (Å²) >= 11 is 2.00. The molecule has 0 saturated carbocycles. The van der Waals surface area contributed by atoms with Gasteiger partial charge in [0.15, 0.2) is 0 Å². The molecule has 0 radical (unpaired) electrons. The highest BCUT2D eigenvalue weighted by molar-refractivity contribution is 7.99. The Hall–Kier alpha value is -0.480. The molecule has 1 unspecified atom stereocenters. The zero-order chi connectivity index (χ0) is 12.8. The number of carbonyl (C=O) groups excluding carboxylic acids is 1. The van der Waals surface area contributed by atoms with Crippen LogP contribution in [-0.4, -0.2) is 59.4 Å². The summed E-state index contributed by atoms with van der Waals surface area (Å²) in [5.41, 5.74) is 0. The molecule has 18 heavy (non-hydrogen) atoms. The highest BCUT2D eigenvalue weighted by Crippen LogP contribution is 2.19. The molecular weight excluding hydrogens is 244 g/mol. The Kier molecular flexibility index (Phi) is 5.57. The van der Waals surface area contributed by atoms with Crippen molar-refractivity contribution < 1.29 is 4.79 Å². The maximum Gasteiger partial charge on any atom is 0.246 e. The summed E-state index contributed by atoms with van der Waals surface area (Å²) in [5, 5.41) is 0. The van der Waals surface area contributed by atoms with Gasteiger partial charge in [-0.1, -0.05) is 6.08 Å². The standard InChI is InChI=1S/C14H24N2OS/c1-2-6-14(17)16-9-5-10-18-12-13(16)11-15-7-3-4-8-15/h2,6,13H,3-5,7-12H2,1H3/b6-2+. The number of hydrogen-bond acceptors (Lipinski definition) is 3. The van der Waals surface area contributed by atoms with E-state index in [0.29, 0.717) is 6.04 Å². The number of allylic oxidation sites excluding steroid dienone is 1. The van der Waals surface area contributed by atoms with Crippen molar-refractivity contribution in [3.8, 4) is 0 Å². The van der Waals surface area contributed by atoms with Crippen LogP contribution in [0, 0.1) is 0 Å². The fourth-order valence-electron chi connectivity index (χ4n) is 2.77. The highest BCUT2D eigenvalue weighted by Gasteiger charge is 2.27. The first kappa shape index (κ1) is 13.9. The lowest BCUT2D eigenvalue weighted by Gasteiger charge is -2.32. The average molecular weight is 268 g/mol. The van der Waals surface area contributed by atoms with Gasteiger partial charge in [-0.3, -0.25) is 4.79 Å². The van der Waals surface area contributed by atoms with Crippen LogP contribution in [0.25, 0.3) is 0 Å². The molecule has 0 aromatic heterocycles. The summed E-state index contributed by atoms with van der Waals surface area (Å²) in [4.78, 5) is 16.8. The minimum atomic E-state index is 0.198. The third kappa shape index (κ3) is 3.75. The predicted molar refractivity (Wildman–Crippen MR) is 77.9 cm³/mol. The predicted octanol–water partition coefficient (Wildman–Crippen LogP) is 1.99. The highest BCUT2D eigenvalue weighted by atomic mass is 32.2. The molecule has 2 aliphatic rings. The third-order valence-corrected chi connectivity index (χ3v) is 4.90. The van der Waals surface area contributed by atoms with E-state index in [1.165, 1.54) is 31.7 Å². The molecule has 2 fully saturated rings. The Labute approximate surface area is 115 Å². The molecule has 0 aromatic rings. The first-order valence-corrected chi connectivity index (χ1v) is 8.20. The van der Waals surface area contributed by atoms with E-state index in [1.807, 2.05) is 24.8 Å².